The molecule has 3 rings (SSSR count). The van der Waals surface area contributed by atoms with E-state index >= 15 is 0 Å². The molecule has 2 N–H and O–H groups in total. The first-order valence-corrected chi connectivity index (χ1v) is 8.22. The van der Waals surface area contributed by atoms with E-state index in [0.29, 0.717) is 24.0 Å². The van der Waals surface area contributed by atoms with Crippen LogP contribution in [0.1, 0.15) is 43.3 Å². The zero-order chi connectivity index (χ0) is 17.6. The van der Waals surface area contributed by atoms with Crippen LogP contribution in [0.5, 0.6) is 0 Å². The molecule has 0 aliphatic rings. The summed E-state index contributed by atoms with van der Waals surface area (Å²) in [5.74, 6) is 1.09. The molecule has 0 spiro atoms. The molecule has 3 aromatic rings. The molecule has 2 aromatic heterocycles. The molecular weight excluding hydrogens is 320 g/mol. The van der Waals surface area contributed by atoms with E-state index in [1.54, 1.807) is 0 Å². The van der Waals surface area contributed by atoms with Crippen molar-refractivity contribution in [3.8, 4) is 11.6 Å². The molecule has 0 bridgehead atoms. The van der Waals surface area contributed by atoms with Crippen molar-refractivity contribution in [3.63, 3.8) is 0 Å². The van der Waals surface area contributed by atoms with E-state index in [2.05, 4.69) is 49.7 Å². The number of hydrogen-bond donors (Lipinski definition) is 2. The summed E-state index contributed by atoms with van der Waals surface area (Å²) in [5.41, 5.74) is 2.36. The lowest BCUT2D eigenvalue weighted by molar-refractivity contribution is -0.121. The topological polar surface area (TPSA) is 110 Å². The van der Waals surface area contributed by atoms with Gasteiger partial charge in [-0.3, -0.25) is 9.89 Å². The van der Waals surface area contributed by atoms with Crippen molar-refractivity contribution in [3.05, 3.63) is 47.6 Å². The number of aromatic amines is 1. The fraction of sp³-hybridized carbons (Fsp3) is 0.353. The van der Waals surface area contributed by atoms with Gasteiger partial charge in [-0.2, -0.15) is 10.1 Å². The van der Waals surface area contributed by atoms with Crippen molar-refractivity contribution in [2.45, 2.75) is 39.2 Å². The SMILES string of the molecule is CCc1ccc([C@H](C)NC(=O)CCc2nc(-c3ncn[nH]3)no2)cc1. The highest BCUT2D eigenvalue weighted by molar-refractivity contribution is 5.76. The third kappa shape index (κ3) is 4.28. The maximum Gasteiger partial charge on any atom is 0.239 e. The molecule has 8 nitrogen and oxygen atoms in total. The second kappa shape index (κ2) is 7.69. The number of rotatable bonds is 7. The number of aromatic nitrogens is 5. The van der Waals surface area contributed by atoms with Gasteiger partial charge in [0.25, 0.3) is 0 Å². The zero-order valence-corrected chi connectivity index (χ0v) is 14.2. The van der Waals surface area contributed by atoms with Crippen LogP contribution in [0.25, 0.3) is 11.6 Å². The van der Waals surface area contributed by atoms with Crippen LogP contribution in [0.3, 0.4) is 0 Å². The Morgan fingerprint density at radius 2 is 2.12 bits per heavy atom. The quantitative estimate of drug-likeness (QED) is 0.682. The normalized spacial score (nSPS) is 12.1. The summed E-state index contributed by atoms with van der Waals surface area (Å²) in [4.78, 5) is 20.3. The molecule has 2 heterocycles. The molecule has 0 aliphatic heterocycles. The Morgan fingerprint density at radius 1 is 1.32 bits per heavy atom. The summed E-state index contributed by atoms with van der Waals surface area (Å²) in [6.45, 7) is 4.08. The smallest absolute Gasteiger partial charge is 0.239 e. The minimum absolute atomic E-state index is 0.0501. The minimum atomic E-state index is -0.0634. The highest BCUT2D eigenvalue weighted by Crippen LogP contribution is 2.14. The number of aryl methyl sites for hydroxylation is 2. The van der Waals surface area contributed by atoms with E-state index in [-0.39, 0.29) is 18.4 Å². The second-order valence-electron chi connectivity index (χ2n) is 5.73. The number of nitrogens with zero attached hydrogens (tertiary/aromatic N) is 4. The zero-order valence-electron chi connectivity index (χ0n) is 14.2. The first-order valence-electron chi connectivity index (χ1n) is 8.22. The Balaban J connectivity index is 1.50. The van der Waals surface area contributed by atoms with E-state index < -0.39 is 0 Å². The Hall–Kier alpha value is -3.03. The molecule has 0 aliphatic carbocycles. The van der Waals surface area contributed by atoms with Crippen LogP contribution in [0.2, 0.25) is 0 Å². The van der Waals surface area contributed by atoms with Crippen LogP contribution >= 0.6 is 0 Å². The second-order valence-corrected chi connectivity index (χ2v) is 5.73. The number of H-pyrrole nitrogens is 1. The third-order valence-corrected chi connectivity index (χ3v) is 3.93. The molecule has 0 radical (unpaired) electrons. The van der Waals surface area contributed by atoms with Crippen molar-refractivity contribution in [2.75, 3.05) is 0 Å². The van der Waals surface area contributed by atoms with Crippen LogP contribution in [0.15, 0.2) is 35.1 Å². The van der Waals surface area contributed by atoms with E-state index in [4.69, 9.17) is 4.52 Å². The lowest BCUT2D eigenvalue weighted by atomic mass is 10.0. The van der Waals surface area contributed by atoms with Gasteiger partial charge in [0.15, 0.2) is 5.82 Å². The van der Waals surface area contributed by atoms with Gasteiger partial charge in [-0.1, -0.05) is 36.3 Å². The van der Waals surface area contributed by atoms with Crippen LogP contribution in [0, 0.1) is 0 Å². The average Bonchev–Trinajstić information content (AvgIpc) is 3.31. The van der Waals surface area contributed by atoms with Crippen LogP contribution in [0.4, 0.5) is 0 Å². The number of carbonyl (C=O) groups excluding carboxylic acids is 1. The molecule has 1 atom stereocenters. The highest BCUT2D eigenvalue weighted by Gasteiger charge is 2.14. The minimum Gasteiger partial charge on any atom is -0.350 e. The van der Waals surface area contributed by atoms with Gasteiger partial charge in [0, 0.05) is 12.8 Å². The van der Waals surface area contributed by atoms with Gasteiger partial charge in [0.2, 0.25) is 17.6 Å². The summed E-state index contributed by atoms with van der Waals surface area (Å²) in [6, 6.07) is 8.21. The Labute approximate surface area is 145 Å². The van der Waals surface area contributed by atoms with Gasteiger partial charge < -0.3 is 9.84 Å². The van der Waals surface area contributed by atoms with E-state index in [0.717, 1.165) is 12.0 Å². The van der Waals surface area contributed by atoms with Gasteiger partial charge >= 0.3 is 0 Å². The average molecular weight is 340 g/mol. The van der Waals surface area contributed by atoms with Gasteiger partial charge in [-0.05, 0) is 24.5 Å². The predicted octanol–water partition coefficient (Wildman–Crippen LogP) is 2.23. The van der Waals surface area contributed by atoms with E-state index in [1.165, 1.54) is 11.9 Å². The van der Waals surface area contributed by atoms with Crippen molar-refractivity contribution in [1.82, 2.24) is 30.6 Å². The number of hydrogen-bond acceptors (Lipinski definition) is 6. The Morgan fingerprint density at radius 3 is 2.80 bits per heavy atom. The summed E-state index contributed by atoms with van der Waals surface area (Å²) < 4.78 is 5.13. The maximum atomic E-state index is 12.1. The number of nitrogens with one attached hydrogen (secondary N) is 2. The lowest BCUT2D eigenvalue weighted by Crippen LogP contribution is -2.26. The Bertz CT molecular complexity index is 810. The van der Waals surface area contributed by atoms with E-state index in [1.807, 2.05) is 19.1 Å². The lowest BCUT2D eigenvalue weighted by Gasteiger charge is -2.14. The molecule has 1 amide bonds. The van der Waals surface area contributed by atoms with Crippen LogP contribution in [-0.2, 0) is 17.6 Å². The maximum absolute atomic E-state index is 12.1. The molecule has 0 fully saturated rings. The summed E-state index contributed by atoms with van der Waals surface area (Å²) in [6.07, 6.45) is 3.01. The molecule has 1 aromatic carbocycles. The highest BCUT2D eigenvalue weighted by atomic mass is 16.5. The molecular formula is C17H20N6O2. The summed E-state index contributed by atoms with van der Waals surface area (Å²) in [7, 11) is 0. The third-order valence-electron chi connectivity index (χ3n) is 3.93. The molecule has 0 saturated heterocycles. The predicted molar refractivity (Wildman–Crippen MR) is 90.4 cm³/mol. The van der Waals surface area contributed by atoms with Gasteiger partial charge in [0.05, 0.1) is 6.04 Å². The first kappa shape index (κ1) is 16.8. The summed E-state index contributed by atoms with van der Waals surface area (Å²) in [5, 5.41) is 13.2. The molecule has 25 heavy (non-hydrogen) atoms. The van der Waals surface area contributed by atoms with Gasteiger partial charge in [-0.15, -0.1) is 0 Å². The molecule has 8 heteroatoms. The van der Waals surface area contributed by atoms with Crippen molar-refractivity contribution >= 4 is 5.91 Å². The molecule has 130 valence electrons. The molecule has 0 unspecified atom stereocenters. The monoisotopic (exact) mass is 340 g/mol. The summed E-state index contributed by atoms with van der Waals surface area (Å²) >= 11 is 0. The number of amides is 1. The van der Waals surface area contributed by atoms with Crippen molar-refractivity contribution < 1.29 is 9.32 Å². The largest absolute Gasteiger partial charge is 0.350 e. The van der Waals surface area contributed by atoms with Crippen LogP contribution in [-0.4, -0.2) is 31.2 Å². The van der Waals surface area contributed by atoms with Crippen LogP contribution < -0.4 is 5.32 Å². The standard InChI is InChI=1S/C17H20N6O2/c1-3-12-4-6-13(7-5-12)11(2)20-14(24)8-9-15-21-17(23-25-15)16-18-10-19-22-16/h4-7,10-11H,3,8-9H2,1-2H3,(H,20,24)(H,18,19,22)/t11-/m0/s1. The fourth-order valence-corrected chi connectivity index (χ4v) is 2.43. The van der Waals surface area contributed by atoms with Gasteiger partial charge in [0.1, 0.15) is 6.33 Å². The fourth-order valence-electron chi connectivity index (χ4n) is 2.43. The number of carbonyl (C=O) groups is 1. The van der Waals surface area contributed by atoms with E-state index in [9.17, 15) is 4.79 Å². The van der Waals surface area contributed by atoms with Gasteiger partial charge in [-0.25, -0.2) is 4.98 Å². The first-order chi connectivity index (χ1) is 12.2. The molecule has 0 saturated carbocycles. The van der Waals surface area contributed by atoms with Crippen molar-refractivity contribution in [1.29, 1.82) is 0 Å². The number of benzene rings is 1. The Kier molecular flexibility index (Phi) is 5.17. The van der Waals surface area contributed by atoms with Crippen molar-refractivity contribution in [2.24, 2.45) is 0 Å².